The molecule has 0 fully saturated rings. The number of hydrogen-bond acceptors (Lipinski definition) is 5. The lowest BCUT2D eigenvalue weighted by atomic mass is 10.5. The number of nitrogen functional groups attached to an aromatic ring is 1. The second kappa shape index (κ2) is 3.69. The molecule has 2 aromatic heterocycles. The molecule has 0 unspecified atom stereocenters. The smallest absolute Gasteiger partial charge is 0.322 e. The predicted molar refractivity (Wildman–Crippen MR) is 50.8 cm³/mol. The van der Waals surface area contributed by atoms with Crippen molar-refractivity contribution < 1.29 is 4.74 Å². The van der Waals surface area contributed by atoms with Crippen LogP contribution in [0.3, 0.4) is 0 Å². The predicted octanol–water partition coefficient (Wildman–Crippen LogP) is 1.25. The van der Waals surface area contributed by atoms with Crippen LogP contribution >= 0.6 is 0 Å². The fourth-order valence-corrected chi connectivity index (χ4v) is 0.892. The Hall–Kier alpha value is -2.17. The molecule has 0 saturated heterocycles. The van der Waals surface area contributed by atoms with Crippen LogP contribution in [0.1, 0.15) is 0 Å². The molecule has 0 aliphatic carbocycles. The molecule has 70 valence electrons. The lowest BCUT2D eigenvalue weighted by Crippen LogP contribution is -1.93. The van der Waals surface area contributed by atoms with E-state index >= 15 is 0 Å². The molecule has 0 amide bonds. The zero-order chi connectivity index (χ0) is 9.80. The first kappa shape index (κ1) is 8.43. The van der Waals surface area contributed by atoms with Gasteiger partial charge in [-0.25, -0.2) is 9.97 Å². The summed E-state index contributed by atoms with van der Waals surface area (Å²) in [6.07, 6.45) is 6.22. The molecule has 2 N–H and O–H groups in total. The molecule has 0 bridgehead atoms. The van der Waals surface area contributed by atoms with Crippen LogP contribution in [-0.4, -0.2) is 15.0 Å². The minimum absolute atomic E-state index is 0.257. The first-order chi connectivity index (χ1) is 6.84. The average molecular weight is 188 g/mol. The number of ether oxygens (including phenoxy) is 1. The van der Waals surface area contributed by atoms with Crippen LogP contribution < -0.4 is 10.5 Å². The summed E-state index contributed by atoms with van der Waals surface area (Å²) in [6.45, 7) is 0. The second-order valence-electron chi connectivity index (χ2n) is 2.59. The van der Waals surface area contributed by atoms with Gasteiger partial charge in [-0.05, 0) is 12.1 Å². The third-order valence-corrected chi connectivity index (χ3v) is 1.49. The van der Waals surface area contributed by atoms with Crippen LogP contribution in [0.15, 0.2) is 36.9 Å². The molecule has 2 rings (SSSR count). The normalized spacial score (nSPS) is 9.71. The van der Waals surface area contributed by atoms with Crippen molar-refractivity contribution in [2.45, 2.75) is 0 Å². The Morgan fingerprint density at radius 1 is 1.14 bits per heavy atom. The molecule has 0 radical (unpaired) electrons. The van der Waals surface area contributed by atoms with Crippen LogP contribution in [0.2, 0.25) is 0 Å². The molecule has 0 spiro atoms. The van der Waals surface area contributed by atoms with Gasteiger partial charge in [0.15, 0.2) is 0 Å². The van der Waals surface area contributed by atoms with Crippen LogP contribution in [0.25, 0.3) is 0 Å². The van der Waals surface area contributed by atoms with Crippen molar-refractivity contribution in [3.05, 3.63) is 36.9 Å². The Balaban J connectivity index is 2.16. The van der Waals surface area contributed by atoms with Crippen LogP contribution in [0, 0.1) is 0 Å². The number of nitrogens with zero attached hydrogens (tertiary/aromatic N) is 3. The molecule has 5 nitrogen and oxygen atoms in total. The largest absolute Gasteiger partial charge is 0.423 e. The highest BCUT2D eigenvalue weighted by Gasteiger charge is 1.98. The average Bonchev–Trinajstić information content (AvgIpc) is 2.23. The fraction of sp³-hybridized carbons (Fsp3) is 0. The van der Waals surface area contributed by atoms with E-state index < -0.39 is 0 Å². The van der Waals surface area contributed by atoms with Gasteiger partial charge in [0.05, 0.1) is 24.3 Å². The highest BCUT2D eigenvalue weighted by atomic mass is 16.5. The molecule has 14 heavy (non-hydrogen) atoms. The van der Waals surface area contributed by atoms with Crippen molar-refractivity contribution in [1.82, 2.24) is 15.0 Å². The van der Waals surface area contributed by atoms with Crippen LogP contribution in [0.5, 0.6) is 11.8 Å². The Morgan fingerprint density at radius 2 is 1.93 bits per heavy atom. The molecule has 2 heterocycles. The van der Waals surface area contributed by atoms with E-state index in [0.29, 0.717) is 11.4 Å². The summed E-state index contributed by atoms with van der Waals surface area (Å²) in [7, 11) is 0. The summed E-state index contributed by atoms with van der Waals surface area (Å²) in [5.41, 5.74) is 5.93. The van der Waals surface area contributed by atoms with Crippen molar-refractivity contribution in [3.63, 3.8) is 0 Å². The van der Waals surface area contributed by atoms with Crippen LogP contribution in [-0.2, 0) is 0 Å². The Morgan fingerprint density at radius 3 is 2.57 bits per heavy atom. The van der Waals surface area contributed by atoms with E-state index in [0.717, 1.165) is 0 Å². The maximum absolute atomic E-state index is 5.43. The summed E-state index contributed by atoms with van der Waals surface area (Å²) in [6, 6.07) is 3.80. The van der Waals surface area contributed by atoms with E-state index in [1.165, 1.54) is 12.4 Å². The lowest BCUT2D eigenvalue weighted by molar-refractivity contribution is 0.440. The highest BCUT2D eigenvalue weighted by molar-refractivity contribution is 5.31. The van der Waals surface area contributed by atoms with Gasteiger partial charge < -0.3 is 10.5 Å². The molecule has 0 aliphatic rings. The van der Waals surface area contributed by atoms with Gasteiger partial charge in [0.25, 0.3) is 0 Å². The second-order valence-corrected chi connectivity index (χ2v) is 2.59. The van der Waals surface area contributed by atoms with Gasteiger partial charge in [-0.3, -0.25) is 4.98 Å². The topological polar surface area (TPSA) is 73.9 Å². The van der Waals surface area contributed by atoms with Crippen molar-refractivity contribution >= 4 is 5.69 Å². The molecule has 2 aromatic rings. The Kier molecular flexibility index (Phi) is 2.22. The molecule has 0 atom stereocenters. The van der Waals surface area contributed by atoms with E-state index in [9.17, 15) is 0 Å². The lowest BCUT2D eigenvalue weighted by Gasteiger charge is -2.01. The molecule has 5 heteroatoms. The summed E-state index contributed by atoms with van der Waals surface area (Å²) in [5, 5.41) is 0. The van der Waals surface area contributed by atoms with E-state index in [1.54, 1.807) is 24.5 Å². The summed E-state index contributed by atoms with van der Waals surface area (Å²) in [5.74, 6) is 0.595. The number of nitrogens with two attached hydrogens (primary N) is 1. The third-order valence-electron chi connectivity index (χ3n) is 1.49. The summed E-state index contributed by atoms with van der Waals surface area (Å²) < 4.78 is 5.29. The van der Waals surface area contributed by atoms with E-state index in [-0.39, 0.29) is 6.01 Å². The SMILES string of the molecule is Nc1cnc(Oc2cccnc2)nc1. The third kappa shape index (κ3) is 1.95. The van der Waals surface area contributed by atoms with Crippen molar-refractivity contribution in [2.75, 3.05) is 5.73 Å². The van der Waals surface area contributed by atoms with Gasteiger partial charge in [-0.2, -0.15) is 0 Å². The monoisotopic (exact) mass is 188 g/mol. The van der Waals surface area contributed by atoms with Crippen molar-refractivity contribution in [2.24, 2.45) is 0 Å². The maximum atomic E-state index is 5.43. The number of pyridine rings is 1. The zero-order valence-corrected chi connectivity index (χ0v) is 7.29. The summed E-state index contributed by atoms with van der Waals surface area (Å²) >= 11 is 0. The minimum atomic E-state index is 0.257. The van der Waals surface area contributed by atoms with Crippen molar-refractivity contribution in [1.29, 1.82) is 0 Å². The quantitative estimate of drug-likeness (QED) is 0.767. The van der Waals surface area contributed by atoms with E-state index in [1.807, 2.05) is 0 Å². The maximum Gasteiger partial charge on any atom is 0.322 e. The van der Waals surface area contributed by atoms with E-state index in [4.69, 9.17) is 10.5 Å². The first-order valence-electron chi connectivity index (χ1n) is 4.00. The Bertz CT molecular complexity index is 401. The molecule has 0 aromatic carbocycles. The van der Waals surface area contributed by atoms with Gasteiger partial charge in [-0.1, -0.05) is 0 Å². The molecular formula is C9H8N4O. The highest BCUT2D eigenvalue weighted by Crippen LogP contribution is 2.14. The van der Waals surface area contributed by atoms with Crippen LogP contribution in [0.4, 0.5) is 5.69 Å². The number of anilines is 1. The minimum Gasteiger partial charge on any atom is -0.423 e. The Labute approximate surface area is 80.6 Å². The van der Waals surface area contributed by atoms with Gasteiger partial charge >= 0.3 is 6.01 Å². The van der Waals surface area contributed by atoms with Gasteiger partial charge in [0.2, 0.25) is 0 Å². The number of hydrogen-bond donors (Lipinski definition) is 1. The molecule has 0 aliphatic heterocycles. The van der Waals surface area contributed by atoms with Crippen molar-refractivity contribution in [3.8, 4) is 11.8 Å². The van der Waals surface area contributed by atoms with Gasteiger partial charge in [-0.15, -0.1) is 0 Å². The summed E-state index contributed by atoms with van der Waals surface area (Å²) in [4.78, 5) is 11.7. The number of aromatic nitrogens is 3. The van der Waals surface area contributed by atoms with Gasteiger partial charge in [0.1, 0.15) is 5.75 Å². The molecule has 0 saturated carbocycles. The standard InChI is InChI=1S/C9H8N4O/c10-7-4-12-9(13-5-7)14-8-2-1-3-11-6-8/h1-6H,10H2. The number of rotatable bonds is 2. The van der Waals surface area contributed by atoms with E-state index in [2.05, 4.69) is 15.0 Å². The van der Waals surface area contributed by atoms with Gasteiger partial charge in [0, 0.05) is 6.20 Å². The first-order valence-corrected chi connectivity index (χ1v) is 4.00. The zero-order valence-electron chi connectivity index (χ0n) is 7.29. The fourth-order valence-electron chi connectivity index (χ4n) is 0.892. The molecular weight excluding hydrogens is 180 g/mol.